The quantitative estimate of drug-likeness (QED) is 0.155. The van der Waals surface area contributed by atoms with Crippen molar-refractivity contribution in [1.29, 1.82) is 0 Å². The molecule has 0 unspecified atom stereocenters. The number of hydrogen-bond donors (Lipinski definition) is 4. The van der Waals surface area contributed by atoms with Crippen molar-refractivity contribution in [1.82, 2.24) is 0 Å². The Balaban J connectivity index is 2.01. The van der Waals surface area contributed by atoms with Crippen LogP contribution in [0.2, 0.25) is 52.4 Å². The summed E-state index contributed by atoms with van der Waals surface area (Å²) in [4.78, 5) is 46.5. The van der Waals surface area contributed by atoms with Crippen molar-refractivity contribution >= 4 is 90.2 Å². The Morgan fingerprint density at radius 2 is 0.519 bits per heavy atom. The van der Waals surface area contributed by atoms with E-state index in [-0.39, 0.29) is 0 Å². The van der Waals surface area contributed by atoms with Crippen LogP contribution in [-0.2, 0) is 32.9 Å². The molecule has 1 saturated heterocycles. The molecule has 280 valence electrons. The van der Waals surface area contributed by atoms with E-state index in [0.29, 0.717) is 20.7 Å². The SMILES string of the molecule is C[Si](C)(O)O[Si]1(O[Si](C)(C)O)O[Si](c2ccccc2)(c2ccccc2)O[Si](O[Si](C)(C)O)(O[Si](C)(C)O)O[Si](c2ccccc2)(c2ccccc2)O1. The van der Waals surface area contributed by atoms with Crippen LogP contribution in [-0.4, -0.2) is 88.6 Å². The highest BCUT2D eigenvalue weighted by Crippen LogP contribution is 2.37. The van der Waals surface area contributed by atoms with Gasteiger partial charge in [0.1, 0.15) is 0 Å². The van der Waals surface area contributed by atoms with E-state index < -0.39 is 69.5 Å². The second-order valence-corrected chi connectivity index (χ2v) is 39.2. The molecule has 0 saturated carbocycles. The molecule has 1 heterocycles. The summed E-state index contributed by atoms with van der Waals surface area (Å²) in [6.45, 7) is 12.4. The predicted octanol–water partition coefficient (Wildman–Crippen LogP) is 2.29. The Morgan fingerprint density at radius 3 is 0.673 bits per heavy atom. The van der Waals surface area contributed by atoms with Gasteiger partial charge in [-0.2, -0.15) is 0 Å². The molecule has 1 fully saturated rings. The molecule has 0 radical (unpaired) electrons. The van der Waals surface area contributed by atoms with Crippen molar-refractivity contribution in [3.05, 3.63) is 121 Å². The third-order valence-electron chi connectivity index (χ3n) is 7.19. The first-order valence-corrected chi connectivity index (χ1v) is 35.1. The minimum atomic E-state index is -4.91. The molecule has 0 amide bonds. The van der Waals surface area contributed by atoms with Crippen LogP contribution >= 0.6 is 0 Å². The Kier molecular flexibility index (Phi) is 12.2. The summed E-state index contributed by atoms with van der Waals surface area (Å²) in [6.07, 6.45) is 0. The minimum absolute atomic E-state index is 0.528. The summed E-state index contributed by atoms with van der Waals surface area (Å²) >= 11 is 0. The van der Waals surface area contributed by atoms with Gasteiger partial charge in [-0.15, -0.1) is 0 Å². The van der Waals surface area contributed by atoms with Crippen molar-refractivity contribution in [3.63, 3.8) is 0 Å². The molecule has 0 spiro atoms. The summed E-state index contributed by atoms with van der Waals surface area (Å²) in [5.41, 5.74) is 0. The van der Waals surface area contributed by atoms with Gasteiger partial charge in [0.05, 0.1) is 0 Å². The minimum Gasteiger partial charge on any atom is -0.411 e. The molecule has 5 rings (SSSR count). The van der Waals surface area contributed by atoms with Gasteiger partial charge in [0, 0.05) is 0 Å². The van der Waals surface area contributed by atoms with Gasteiger partial charge in [-0.3, -0.25) is 0 Å². The summed E-state index contributed by atoms with van der Waals surface area (Å²) in [5, 5.41) is 2.11. The Hall–Kier alpha value is -1.86. The van der Waals surface area contributed by atoms with E-state index in [9.17, 15) is 19.2 Å². The lowest BCUT2D eigenvalue weighted by molar-refractivity contribution is 0.0539. The van der Waals surface area contributed by atoms with Gasteiger partial charge in [-0.1, -0.05) is 121 Å². The molecule has 0 bridgehead atoms. The van der Waals surface area contributed by atoms with E-state index in [0.717, 1.165) is 0 Å². The van der Waals surface area contributed by atoms with Crippen LogP contribution in [0.15, 0.2) is 121 Å². The molecular weight excluding hydrogens is 801 g/mol. The van der Waals surface area contributed by atoms with Crippen molar-refractivity contribution in [2.75, 3.05) is 0 Å². The normalized spacial score (nSPS) is 19.0. The molecule has 1 aliphatic rings. The lowest BCUT2D eigenvalue weighted by Gasteiger charge is -2.52. The van der Waals surface area contributed by atoms with Crippen LogP contribution in [0.3, 0.4) is 0 Å². The molecule has 0 aromatic heterocycles. The van der Waals surface area contributed by atoms with Crippen molar-refractivity contribution in [2.24, 2.45) is 0 Å². The Morgan fingerprint density at radius 1 is 0.346 bits per heavy atom. The van der Waals surface area contributed by atoms with E-state index in [4.69, 9.17) is 32.9 Å². The summed E-state index contributed by atoms with van der Waals surface area (Å²) in [5.74, 6) is 0. The fourth-order valence-electron chi connectivity index (χ4n) is 5.65. The Labute approximate surface area is 314 Å². The molecular formula is C32H48O12Si8. The third-order valence-corrected chi connectivity index (χ3v) is 32.2. The molecule has 0 atom stereocenters. The third kappa shape index (κ3) is 10.3. The monoisotopic (exact) mass is 848 g/mol. The van der Waals surface area contributed by atoms with Crippen LogP contribution < -0.4 is 20.7 Å². The highest BCUT2D eigenvalue weighted by Gasteiger charge is 2.74. The maximum Gasteiger partial charge on any atom is 0.644 e. The summed E-state index contributed by atoms with van der Waals surface area (Å²) in [7, 11) is -33.4. The zero-order valence-electron chi connectivity index (χ0n) is 30.6. The number of rotatable bonds is 12. The summed E-state index contributed by atoms with van der Waals surface area (Å²) in [6, 6.07) is 36.3. The molecule has 52 heavy (non-hydrogen) atoms. The van der Waals surface area contributed by atoms with E-state index in [1.165, 1.54) is 0 Å². The van der Waals surface area contributed by atoms with Crippen LogP contribution in [0.5, 0.6) is 0 Å². The number of hydrogen-bond acceptors (Lipinski definition) is 12. The van der Waals surface area contributed by atoms with E-state index in [2.05, 4.69) is 0 Å². The zero-order valence-corrected chi connectivity index (χ0v) is 38.6. The van der Waals surface area contributed by atoms with Crippen LogP contribution in [0, 0.1) is 0 Å². The van der Waals surface area contributed by atoms with Crippen LogP contribution in [0.1, 0.15) is 0 Å². The lowest BCUT2D eigenvalue weighted by atomic mass is 10.4. The molecule has 4 aromatic carbocycles. The molecule has 1 aliphatic heterocycles. The fourth-order valence-corrected chi connectivity index (χ4v) is 35.6. The molecule has 4 aromatic rings. The molecule has 12 nitrogen and oxygen atoms in total. The topological polar surface area (TPSA) is 155 Å². The highest BCUT2D eigenvalue weighted by atomic mass is 28.6. The molecule has 20 heteroatoms. The van der Waals surface area contributed by atoms with Crippen molar-refractivity contribution in [2.45, 2.75) is 52.4 Å². The van der Waals surface area contributed by atoms with Gasteiger partial charge >= 0.3 is 69.5 Å². The Bertz CT molecular complexity index is 1490. The first kappa shape index (κ1) is 41.3. The average Bonchev–Trinajstić information content (AvgIpc) is 3.02. The average molecular weight is 849 g/mol. The second-order valence-electron chi connectivity index (χ2n) is 14.3. The van der Waals surface area contributed by atoms with Gasteiger partial charge in [0.2, 0.25) is 0 Å². The second kappa shape index (κ2) is 15.3. The van der Waals surface area contributed by atoms with Gasteiger partial charge in [0.25, 0.3) is 0 Å². The van der Waals surface area contributed by atoms with Gasteiger partial charge in [0.15, 0.2) is 0 Å². The van der Waals surface area contributed by atoms with Crippen molar-refractivity contribution in [3.8, 4) is 0 Å². The highest BCUT2D eigenvalue weighted by molar-refractivity contribution is 7.08. The van der Waals surface area contributed by atoms with Gasteiger partial charge < -0.3 is 52.1 Å². The van der Waals surface area contributed by atoms with Gasteiger partial charge in [-0.05, 0) is 73.1 Å². The van der Waals surface area contributed by atoms with E-state index in [1.807, 2.05) is 121 Å². The summed E-state index contributed by atoms with van der Waals surface area (Å²) < 4.78 is 56.2. The fraction of sp³-hybridized carbons (Fsp3) is 0.250. The number of benzene rings is 4. The standard InChI is InChI=1S/C32H48O12Si8/c1-45(2,33)37-51(38-46(3,4)34)41-49(29-21-13-9-14-22-29,30-23-15-10-16-24-30)43-52(39-47(5,6)35,40-48(7,8)36)44-50(42-51,31-25-17-11-18-26-31)32-27-19-12-20-28-32/h9-28,33-36H,1-8H3. The lowest BCUT2D eigenvalue weighted by Crippen LogP contribution is -2.85. The van der Waals surface area contributed by atoms with Gasteiger partial charge in [-0.25, -0.2) is 0 Å². The first-order chi connectivity index (χ1) is 24.1. The smallest absolute Gasteiger partial charge is 0.411 e. The van der Waals surface area contributed by atoms with E-state index >= 15 is 0 Å². The van der Waals surface area contributed by atoms with Crippen molar-refractivity contribution < 1.29 is 52.1 Å². The molecule has 0 aliphatic carbocycles. The van der Waals surface area contributed by atoms with Crippen LogP contribution in [0.4, 0.5) is 0 Å². The largest absolute Gasteiger partial charge is 0.644 e. The predicted molar refractivity (Wildman–Crippen MR) is 215 cm³/mol. The maximum atomic E-state index is 11.6. The first-order valence-electron chi connectivity index (χ1n) is 16.8. The van der Waals surface area contributed by atoms with E-state index in [1.54, 1.807) is 52.4 Å². The van der Waals surface area contributed by atoms with Crippen LogP contribution in [0.25, 0.3) is 0 Å². The maximum absolute atomic E-state index is 11.6. The molecule has 4 N–H and O–H groups in total. The zero-order chi connectivity index (χ0) is 38.1.